The topological polar surface area (TPSA) is 59.3 Å². The summed E-state index contributed by atoms with van der Waals surface area (Å²) >= 11 is 11.9. The molecule has 1 N–H and O–H groups in total. The van der Waals surface area contributed by atoms with Crippen LogP contribution in [0.4, 0.5) is 5.69 Å². The Labute approximate surface area is 141 Å². The molecule has 0 atom stereocenters. The first-order valence-corrected chi connectivity index (χ1v) is 7.51. The van der Waals surface area contributed by atoms with Gasteiger partial charge in [-0.05, 0) is 42.8 Å². The van der Waals surface area contributed by atoms with Gasteiger partial charge in [0.05, 0.1) is 10.4 Å². The minimum atomic E-state index is -0.533. The maximum absolute atomic E-state index is 12.3. The third kappa shape index (κ3) is 3.09. The van der Waals surface area contributed by atoms with Crippen LogP contribution in [0.2, 0.25) is 10.0 Å². The van der Waals surface area contributed by atoms with Crippen molar-refractivity contribution < 1.29 is 9.21 Å². The number of carbonyl (C=O) groups excluding carboxylic acids is 1. The van der Waals surface area contributed by atoms with Crippen LogP contribution in [0, 0.1) is 6.92 Å². The average molecular weight is 348 g/mol. The van der Waals surface area contributed by atoms with E-state index in [9.17, 15) is 9.59 Å². The van der Waals surface area contributed by atoms with Crippen LogP contribution >= 0.6 is 23.2 Å². The molecule has 3 rings (SSSR count). The third-order valence-corrected chi connectivity index (χ3v) is 3.90. The standard InChI is InChI=1S/C17H11Cl2NO3/c1-9-7-10(18)5-6-13(9)20-17(22)15-8-14(21)11-3-2-4-12(19)16(11)23-15/h2-8H,1H3,(H,20,22). The predicted octanol–water partition coefficient (Wildman–Crippen LogP) is 4.66. The van der Waals surface area contributed by atoms with E-state index in [2.05, 4.69) is 5.32 Å². The predicted molar refractivity (Wildman–Crippen MR) is 91.6 cm³/mol. The molecule has 4 nitrogen and oxygen atoms in total. The molecular weight excluding hydrogens is 337 g/mol. The van der Waals surface area contributed by atoms with Crippen molar-refractivity contribution in [3.05, 3.63) is 74.1 Å². The second-order valence-electron chi connectivity index (χ2n) is 5.00. The molecule has 1 amide bonds. The van der Waals surface area contributed by atoms with Crippen molar-refractivity contribution in [2.45, 2.75) is 6.92 Å². The van der Waals surface area contributed by atoms with E-state index in [1.165, 1.54) is 0 Å². The summed E-state index contributed by atoms with van der Waals surface area (Å²) in [6.45, 7) is 1.81. The van der Waals surface area contributed by atoms with Crippen LogP contribution in [0.25, 0.3) is 11.0 Å². The van der Waals surface area contributed by atoms with Crippen LogP contribution in [0.1, 0.15) is 16.1 Å². The summed E-state index contributed by atoms with van der Waals surface area (Å²) in [5, 5.41) is 3.87. The van der Waals surface area contributed by atoms with E-state index < -0.39 is 5.91 Å². The number of carbonyl (C=O) groups is 1. The number of benzene rings is 2. The lowest BCUT2D eigenvalue weighted by atomic mass is 10.2. The number of halogens is 2. The molecule has 0 bridgehead atoms. The van der Waals surface area contributed by atoms with E-state index in [-0.39, 0.29) is 21.8 Å². The van der Waals surface area contributed by atoms with Crippen molar-refractivity contribution in [1.82, 2.24) is 0 Å². The molecule has 0 aliphatic heterocycles. The average Bonchev–Trinajstić information content (AvgIpc) is 2.51. The SMILES string of the molecule is Cc1cc(Cl)ccc1NC(=O)c1cc(=O)c2cccc(Cl)c2o1. The van der Waals surface area contributed by atoms with Gasteiger partial charge in [0.15, 0.2) is 16.8 Å². The van der Waals surface area contributed by atoms with Gasteiger partial charge in [-0.3, -0.25) is 9.59 Å². The van der Waals surface area contributed by atoms with Crippen molar-refractivity contribution in [2.75, 3.05) is 5.32 Å². The molecule has 0 radical (unpaired) electrons. The normalized spacial score (nSPS) is 10.7. The lowest BCUT2D eigenvalue weighted by molar-refractivity contribution is 0.0997. The van der Waals surface area contributed by atoms with Gasteiger partial charge in [-0.2, -0.15) is 0 Å². The highest BCUT2D eigenvalue weighted by molar-refractivity contribution is 6.34. The molecule has 0 spiro atoms. The first-order chi connectivity index (χ1) is 11.0. The van der Waals surface area contributed by atoms with Gasteiger partial charge >= 0.3 is 0 Å². The maximum Gasteiger partial charge on any atom is 0.291 e. The van der Waals surface area contributed by atoms with Crippen LogP contribution in [0.15, 0.2) is 51.7 Å². The molecule has 0 unspecified atom stereocenters. The number of fused-ring (bicyclic) bond motifs is 1. The molecule has 2 aromatic carbocycles. The summed E-state index contributed by atoms with van der Waals surface area (Å²) in [4.78, 5) is 24.4. The van der Waals surface area contributed by atoms with E-state index in [1.54, 1.807) is 36.4 Å². The highest BCUT2D eigenvalue weighted by Crippen LogP contribution is 2.23. The third-order valence-electron chi connectivity index (χ3n) is 3.37. The lowest BCUT2D eigenvalue weighted by Crippen LogP contribution is -2.15. The van der Waals surface area contributed by atoms with E-state index in [0.29, 0.717) is 16.1 Å². The number of nitrogens with one attached hydrogen (secondary N) is 1. The van der Waals surface area contributed by atoms with E-state index in [4.69, 9.17) is 27.6 Å². The highest BCUT2D eigenvalue weighted by Gasteiger charge is 2.15. The zero-order valence-electron chi connectivity index (χ0n) is 12.0. The fraction of sp³-hybridized carbons (Fsp3) is 0.0588. The van der Waals surface area contributed by atoms with Gasteiger partial charge in [-0.25, -0.2) is 0 Å². The van der Waals surface area contributed by atoms with Crippen LogP contribution in [-0.2, 0) is 0 Å². The second-order valence-corrected chi connectivity index (χ2v) is 5.85. The number of hydrogen-bond acceptors (Lipinski definition) is 3. The molecule has 116 valence electrons. The quantitative estimate of drug-likeness (QED) is 0.733. The highest BCUT2D eigenvalue weighted by atomic mass is 35.5. The van der Waals surface area contributed by atoms with Crippen molar-refractivity contribution >= 4 is 45.8 Å². The molecule has 3 aromatic rings. The summed E-state index contributed by atoms with van der Waals surface area (Å²) in [5.41, 5.74) is 1.25. The van der Waals surface area contributed by atoms with E-state index in [0.717, 1.165) is 11.6 Å². The van der Waals surface area contributed by atoms with Crippen molar-refractivity contribution in [3.63, 3.8) is 0 Å². The summed E-state index contributed by atoms with van der Waals surface area (Å²) in [7, 11) is 0. The van der Waals surface area contributed by atoms with Gasteiger partial charge in [0, 0.05) is 16.8 Å². The monoisotopic (exact) mass is 347 g/mol. The second kappa shape index (κ2) is 6.07. The van der Waals surface area contributed by atoms with E-state index in [1.807, 2.05) is 6.92 Å². The Hall–Kier alpha value is -2.30. The van der Waals surface area contributed by atoms with Gasteiger partial charge in [0.1, 0.15) is 0 Å². The molecule has 0 fully saturated rings. The zero-order valence-corrected chi connectivity index (χ0v) is 13.5. The lowest BCUT2D eigenvalue weighted by Gasteiger charge is -2.09. The number of hydrogen-bond donors (Lipinski definition) is 1. The van der Waals surface area contributed by atoms with Gasteiger partial charge in [-0.15, -0.1) is 0 Å². The fourth-order valence-electron chi connectivity index (χ4n) is 2.21. The Morgan fingerprint density at radius 3 is 2.65 bits per heavy atom. The Morgan fingerprint density at radius 1 is 1.13 bits per heavy atom. The summed E-state index contributed by atoms with van der Waals surface area (Å²) in [6.07, 6.45) is 0. The largest absolute Gasteiger partial charge is 0.449 e. The molecule has 0 aliphatic carbocycles. The van der Waals surface area contributed by atoms with Gasteiger partial charge < -0.3 is 9.73 Å². The number of amides is 1. The Morgan fingerprint density at radius 2 is 1.91 bits per heavy atom. The minimum Gasteiger partial charge on any atom is -0.449 e. The van der Waals surface area contributed by atoms with Crippen molar-refractivity contribution in [2.24, 2.45) is 0 Å². The van der Waals surface area contributed by atoms with Crippen LogP contribution in [-0.4, -0.2) is 5.91 Å². The molecule has 6 heteroatoms. The first kappa shape index (κ1) is 15.6. The number of aryl methyl sites for hydroxylation is 1. The molecule has 0 saturated carbocycles. The smallest absolute Gasteiger partial charge is 0.291 e. The van der Waals surface area contributed by atoms with E-state index >= 15 is 0 Å². The van der Waals surface area contributed by atoms with Crippen LogP contribution in [0.3, 0.4) is 0 Å². The molecule has 1 heterocycles. The number of rotatable bonds is 2. The number of anilines is 1. The van der Waals surface area contributed by atoms with Crippen molar-refractivity contribution in [1.29, 1.82) is 0 Å². The maximum atomic E-state index is 12.3. The molecule has 0 aliphatic rings. The zero-order chi connectivity index (χ0) is 16.6. The molecule has 23 heavy (non-hydrogen) atoms. The van der Waals surface area contributed by atoms with Crippen LogP contribution in [0.5, 0.6) is 0 Å². The van der Waals surface area contributed by atoms with Gasteiger partial charge in [0.2, 0.25) is 0 Å². The minimum absolute atomic E-state index is 0.107. The van der Waals surface area contributed by atoms with Gasteiger partial charge in [-0.1, -0.05) is 29.3 Å². The van der Waals surface area contributed by atoms with Gasteiger partial charge in [0.25, 0.3) is 5.91 Å². The Bertz CT molecular complexity index is 979. The summed E-state index contributed by atoms with van der Waals surface area (Å²) in [5.74, 6) is -0.640. The molecule has 1 aromatic heterocycles. The van der Waals surface area contributed by atoms with Crippen LogP contribution < -0.4 is 10.7 Å². The molecule has 0 saturated heterocycles. The summed E-state index contributed by atoms with van der Waals surface area (Å²) < 4.78 is 5.50. The molecular formula is C17H11Cl2NO3. The van der Waals surface area contributed by atoms with Crippen molar-refractivity contribution in [3.8, 4) is 0 Å². The fourth-order valence-corrected chi connectivity index (χ4v) is 2.65. The summed E-state index contributed by atoms with van der Waals surface area (Å²) in [6, 6.07) is 11.1. The first-order valence-electron chi connectivity index (χ1n) is 6.75. The Balaban J connectivity index is 2.01. The Kier molecular flexibility index (Phi) is 4.11. The number of para-hydroxylation sites is 1.